The third-order valence-corrected chi connectivity index (χ3v) is 3.49. The van der Waals surface area contributed by atoms with Gasteiger partial charge in [0.1, 0.15) is 5.82 Å². The first kappa shape index (κ1) is 16.1. The molecule has 0 heterocycles. The molecule has 0 spiro atoms. The molecule has 2 aromatic carbocycles. The molecule has 1 aliphatic rings. The molecule has 3 rings (SSSR count). The number of hydrogen-bond donors (Lipinski definition) is 3. The summed E-state index contributed by atoms with van der Waals surface area (Å²) in [6, 6.07) is 15.2. The maximum absolute atomic E-state index is 12.4. The molecule has 1 aliphatic carbocycles. The molecule has 0 amide bonds. The van der Waals surface area contributed by atoms with Crippen LogP contribution in [0.15, 0.2) is 54.6 Å². The van der Waals surface area contributed by atoms with E-state index in [-0.39, 0.29) is 5.82 Å². The Hall–Kier alpha value is -2.24. The van der Waals surface area contributed by atoms with Crippen molar-refractivity contribution in [3.05, 3.63) is 71.5 Å². The first-order valence-electron chi connectivity index (χ1n) is 6.96. The smallest absolute Gasteiger partial charge is 0.337 e. The Morgan fingerprint density at radius 3 is 2.14 bits per heavy atom. The molecule has 3 atom stereocenters. The van der Waals surface area contributed by atoms with E-state index in [1.54, 1.807) is 30.3 Å². The normalized spacial score (nSPS) is 20.5. The number of aliphatic hydroxyl groups excluding tert-OH is 1. The molecule has 0 aromatic heterocycles. The molecule has 0 bridgehead atoms. The summed E-state index contributed by atoms with van der Waals surface area (Å²) in [6.45, 7) is 0. The van der Waals surface area contributed by atoms with E-state index in [2.05, 4.69) is 0 Å². The van der Waals surface area contributed by atoms with Crippen LogP contribution in [0.4, 0.5) is 4.39 Å². The second kappa shape index (κ2) is 7.15. The molecule has 2 unspecified atom stereocenters. The maximum atomic E-state index is 12.4. The fourth-order valence-corrected chi connectivity index (χ4v) is 2.09. The van der Waals surface area contributed by atoms with E-state index in [4.69, 9.17) is 15.9 Å². The summed E-state index contributed by atoms with van der Waals surface area (Å²) in [4.78, 5) is 10.2. The maximum Gasteiger partial charge on any atom is 0.337 e. The van der Waals surface area contributed by atoms with Crippen LogP contribution >= 0.6 is 0 Å². The van der Waals surface area contributed by atoms with Crippen LogP contribution in [-0.4, -0.2) is 22.2 Å². The number of benzene rings is 2. The fourth-order valence-electron chi connectivity index (χ4n) is 2.09. The number of carboxylic acids is 1. The zero-order valence-electron chi connectivity index (χ0n) is 11.9. The summed E-state index contributed by atoms with van der Waals surface area (Å²) in [5, 5.41) is 17.4. The van der Waals surface area contributed by atoms with E-state index in [9.17, 15) is 9.18 Å². The Bertz CT molecular complexity index is 616. The van der Waals surface area contributed by atoms with Gasteiger partial charge >= 0.3 is 5.97 Å². The lowest BCUT2D eigenvalue weighted by Crippen LogP contribution is -2.09. The number of carboxylic acid groups (broad SMARTS) is 1. The van der Waals surface area contributed by atoms with Crippen molar-refractivity contribution < 1.29 is 19.4 Å². The van der Waals surface area contributed by atoms with Crippen molar-refractivity contribution in [1.29, 1.82) is 0 Å². The number of hydrogen-bond acceptors (Lipinski definition) is 3. The van der Waals surface area contributed by atoms with Gasteiger partial charge in [-0.15, -0.1) is 0 Å². The highest BCUT2D eigenvalue weighted by Gasteiger charge is 2.34. The molecule has 0 aliphatic heterocycles. The van der Waals surface area contributed by atoms with Gasteiger partial charge in [-0.2, -0.15) is 0 Å². The zero-order chi connectivity index (χ0) is 16.1. The molecule has 4 nitrogen and oxygen atoms in total. The highest BCUT2D eigenvalue weighted by molar-refractivity contribution is 5.73. The molecule has 1 fully saturated rings. The second-order valence-corrected chi connectivity index (χ2v) is 5.21. The molecule has 0 saturated heterocycles. The van der Waals surface area contributed by atoms with E-state index < -0.39 is 12.1 Å². The number of rotatable bonds is 3. The van der Waals surface area contributed by atoms with Gasteiger partial charge in [-0.3, -0.25) is 0 Å². The Balaban J connectivity index is 0.000000160. The van der Waals surface area contributed by atoms with E-state index in [0.29, 0.717) is 17.5 Å². The first-order valence-corrected chi connectivity index (χ1v) is 6.96. The number of nitrogens with two attached hydrogens (primary N) is 1. The van der Waals surface area contributed by atoms with Crippen molar-refractivity contribution in [3.63, 3.8) is 0 Å². The number of carbonyl (C=O) groups is 1. The minimum Gasteiger partial charge on any atom is -0.479 e. The standard InChI is InChI=1S/C9H10FN.C8H8O3/c10-7-3-1-6(2-4-7)8-5-9(8)11;9-7(8(10)11)6-4-2-1-3-5-6/h1-4,8-9H,5,11H2;1-5,7,9H,(H,10,11)/t;7-/m.1/s1. The molecular weight excluding hydrogens is 285 g/mol. The van der Waals surface area contributed by atoms with Gasteiger partial charge in [-0.1, -0.05) is 42.5 Å². The van der Waals surface area contributed by atoms with Crippen LogP contribution in [0.5, 0.6) is 0 Å². The molecule has 4 N–H and O–H groups in total. The SMILES string of the molecule is NC1CC1c1ccc(F)cc1.O=C(O)[C@H](O)c1ccccc1. The van der Waals surface area contributed by atoms with Crippen LogP contribution < -0.4 is 5.73 Å². The van der Waals surface area contributed by atoms with Gasteiger partial charge in [0.15, 0.2) is 6.10 Å². The van der Waals surface area contributed by atoms with Gasteiger partial charge in [-0.25, -0.2) is 9.18 Å². The van der Waals surface area contributed by atoms with Gasteiger partial charge in [-0.05, 0) is 29.7 Å². The Morgan fingerprint density at radius 1 is 1.14 bits per heavy atom. The monoisotopic (exact) mass is 303 g/mol. The summed E-state index contributed by atoms with van der Waals surface area (Å²) in [5.74, 6) is -0.922. The highest BCUT2D eigenvalue weighted by atomic mass is 19.1. The van der Waals surface area contributed by atoms with Crippen molar-refractivity contribution in [2.24, 2.45) is 5.73 Å². The van der Waals surface area contributed by atoms with Gasteiger partial charge < -0.3 is 15.9 Å². The van der Waals surface area contributed by atoms with Crippen molar-refractivity contribution in [3.8, 4) is 0 Å². The number of halogens is 1. The zero-order valence-corrected chi connectivity index (χ0v) is 11.9. The topological polar surface area (TPSA) is 83.6 Å². The van der Waals surface area contributed by atoms with Crippen molar-refractivity contribution in [2.75, 3.05) is 0 Å². The third-order valence-electron chi connectivity index (χ3n) is 3.49. The van der Waals surface area contributed by atoms with E-state index >= 15 is 0 Å². The molecular formula is C17H18FNO3. The molecule has 5 heteroatoms. The van der Waals surface area contributed by atoms with Crippen LogP contribution in [0.3, 0.4) is 0 Å². The van der Waals surface area contributed by atoms with Gasteiger partial charge in [0.05, 0.1) is 0 Å². The van der Waals surface area contributed by atoms with Crippen LogP contribution in [0, 0.1) is 5.82 Å². The number of aliphatic carboxylic acids is 1. The summed E-state index contributed by atoms with van der Waals surface area (Å²) in [7, 11) is 0. The molecule has 2 aromatic rings. The lowest BCUT2D eigenvalue weighted by molar-refractivity contribution is -0.146. The van der Waals surface area contributed by atoms with Crippen molar-refractivity contribution in [1.82, 2.24) is 0 Å². The lowest BCUT2D eigenvalue weighted by atomic mass is 10.1. The fraction of sp³-hybridized carbons (Fsp3) is 0.235. The van der Waals surface area contributed by atoms with Crippen LogP contribution in [0.25, 0.3) is 0 Å². The Kier molecular flexibility index (Phi) is 5.25. The Morgan fingerprint density at radius 2 is 1.68 bits per heavy atom. The van der Waals surface area contributed by atoms with Crippen molar-refractivity contribution >= 4 is 5.97 Å². The largest absolute Gasteiger partial charge is 0.479 e. The summed E-state index contributed by atoms with van der Waals surface area (Å²) in [5.41, 5.74) is 7.21. The van der Waals surface area contributed by atoms with Crippen LogP contribution in [-0.2, 0) is 4.79 Å². The predicted octanol–water partition coefficient (Wildman–Crippen LogP) is 2.44. The van der Waals surface area contributed by atoms with Gasteiger partial charge in [0.2, 0.25) is 0 Å². The summed E-state index contributed by atoms with van der Waals surface area (Å²) < 4.78 is 12.4. The minimum atomic E-state index is -1.41. The highest BCUT2D eigenvalue weighted by Crippen LogP contribution is 2.38. The number of aliphatic hydroxyl groups is 1. The van der Waals surface area contributed by atoms with Crippen LogP contribution in [0.1, 0.15) is 29.6 Å². The summed E-state index contributed by atoms with van der Waals surface area (Å²) >= 11 is 0. The summed E-state index contributed by atoms with van der Waals surface area (Å²) in [6.07, 6.45) is -0.359. The Labute approximate surface area is 128 Å². The van der Waals surface area contributed by atoms with E-state index in [0.717, 1.165) is 6.42 Å². The van der Waals surface area contributed by atoms with Crippen molar-refractivity contribution in [2.45, 2.75) is 24.5 Å². The average Bonchev–Trinajstić information content (AvgIpc) is 3.25. The lowest BCUT2D eigenvalue weighted by Gasteiger charge is -2.03. The van der Waals surface area contributed by atoms with Gasteiger partial charge in [0, 0.05) is 12.0 Å². The van der Waals surface area contributed by atoms with Gasteiger partial charge in [0.25, 0.3) is 0 Å². The predicted molar refractivity (Wildman–Crippen MR) is 80.8 cm³/mol. The molecule has 116 valence electrons. The molecule has 22 heavy (non-hydrogen) atoms. The van der Waals surface area contributed by atoms with E-state index in [1.807, 2.05) is 12.1 Å². The first-order chi connectivity index (χ1) is 10.5. The molecule has 1 saturated carbocycles. The average molecular weight is 303 g/mol. The third kappa shape index (κ3) is 4.38. The minimum absolute atomic E-state index is 0.178. The van der Waals surface area contributed by atoms with E-state index in [1.165, 1.54) is 17.7 Å². The second-order valence-electron chi connectivity index (χ2n) is 5.21. The quantitative estimate of drug-likeness (QED) is 0.813. The molecule has 0 radical (unpaired) electrons. The van der Waals surface area contributed by atoms with Crippen LogP contribution in [0.2, 0.25) is 0 Å².